The van der Waals surface area contributed by atoms with Gasteiger partial charge in [-0.25, -0.2) is 13.5 Å². The molecule has 0 saturated carbocycles. The number of carbonyl (C=O) groups excluding carboxylic acids is 1. The zero-order valence-corrected chi connectivity index (χ0v) is 17.2. The Bertz CT molecular complexity index is 1110. The largest absolute Gasteiger partial charge is 0.345 e. The Hall–Kier alpha value is -2.84. The van der Waals surface area contributed by atoms with Gasteiger partial charge in [0.1, 0.15) is 5.69 Å². The van der Waals surface area contributed by atoms with E-state index in [4.69, 9.17) is 4.78 Å². The van der Waals surface area contributed by atoms with Gasteiger partial charge in [-0.2, -0.15) is 0 Å². The molecule has 156 valence electrons. The van der Waals surface area contributed by atoms with E-state index in [0.29, 0.717) is 12.1 Å². The molecule has 0 fully saturated rings. The molecule has 5 nitrogen and oxygen atoms in total. The third kappa shape index (κ3) is 4.20. The summed E-state index contributed by atoms with van der Waals surface area (Å²) >= 11 is 0. The minimum Gasteiger partial charge on any atom is -0.345 e. The number of rotatable bonds is 4. The molecule has 2 atom stereocenters. The number of nitrogens with zero attached hydrogens (tertiary/aromatic N) is 1. The first kappa shape index (κ1) is 20.4. The van der Waals surface area contributed by atoms with E-state index in [9.17, 15) is 13.6 Å². The van der Waals surface area contributed by atoms with Gasteiger partial charge in [0.2, 0.25) is 0 Å². The van der Waals surface area contributed by atoms with Gasteiger partial charge in [-0.05, 0) is 53.4 Å². The zero-order chi connectivity index (χ0) is 21.3. The van der Waals surface area contributed by atoms with E-state index in [-0.39, 0.29) is 11.7 Å². The number of hydrogen-bond acceptors (Lipinski definition) is 2. The molecular formula is C22H22F2N4OS. The molecule has 4 rings (SSSR count). The van der Waals surface area contributed by atoms with Crippen molar-refractivity contribution in [1.29, 1.82) is 4.78 Å². The second-order valence-corrected chi connectivity index (χ2v) is 8.65. The summed E-state index contributed by atoms with van der Waals surface area (Å²) in [6.45, 7) is 0. The fraction of sp³-hybridized carbons (Fsp3) is 0.227. The smallest absolute Gasteiger partial charge is 0.272 e. The molecule has 1 amide bonds. The standard InChI is InChI=1S/C22H22F2N4OS/c1-28-13-20-17(21(28)22(29)26-15-8-10-18(23)19(24)12-15)9-7-16(27-30(20)25)11-14-5-3-2-4-6-14/h2-6,8,10,12-13,16H,7,9,11H2,1H3,(H2,25,27)(H,26,29). The number of carbonyl (C=O) groups is 1. The van der Waals surface area contributed by atoms with Gasteiger partial charge in [-0.3, -0.25) is 9.57 Å². The van der Waals surface area contributed by atoms with E-state index in [1.165, 1.54) is 11.6 Å². The summed E-state index contributed by atoms with van der Waals surface area (Å²) in [6.07, 6.45) is 4.07. The van der Waals surface area contributed by atoms with Crippen LogP contribution in [0.4, 0.5) is 14.5 Å². The number of hydrogen-bond donors (Lipinski definition) is 3. The molecule has 0 aliphatic carbocycles. The predicted octanol–water partition coefficient (Wildman–Crippen LogP) is 4.36. The lowest BCUT2D eigenvalue weighted by Gasteiger charge is -2.16. The molecule has 0 saturated heterocycles. The molecule has 3 aromatic rings. The second kappa shape index (κ2) is 8.49. The SMILES string of the molecule is Cn1cc2c(c1C(=O)Nc1ccc(F)c(F)c1)CCC(Cc1ccccc1)NS2=N. The van der Waals surface area contributed by atoms with Crippen LogP contribution in [0.3, 0.4) is 0 Å². The molecule has 0 bridgehead atoms. The van der Waals surface area contributed by atoms with E-state index in [0.717, 1.165) is 35.4 Å². The Labute approximate surface area is 176 Å². The Kier molecular flexibility index (Phi) is 5.78. The molecule has 0 radical (unpaired) electrons. The van der Waals surface area contributed by atoms with Crippen LogP contribution in [0.25, 0.3) is 0 Å². The first-order valence-corrected chi connectivity index (χ1v) is 10.8. The topological polar surface area (TPSA) is 69.9 Å². The van der Waals surface area contributed by atoms with Gasteiger partial charge in [0, 0.05) is 31.0 Å². The Morgan fingerprint density at radius 1 is 1.23 bits per heavy atom. The quantitative estimate of drug-likeness (QED) is 0.578. The minimum absolute atomic E-state index is 0.132. The highest BCUT2D eigenvalue weighted by Gasteiger charge is 2.27. The van der Waals surface area contributed by atoms with Crippen LogP contribution in [0.15, 0.2) is 59.6 Å². The van der Waals surface area contributed by atoms with Gasteiger partial charge >= 0.3 is 0 Å². The first-order chi connectivity index (χ1) is 14.4. The number of halogens is 2. The van der Waals surface area contributed by atoms with Gasteiger partial charge in [-0.1, -0.05) is 30.3 Å². The predicted molar refractivity (Wildman–Crippen MR) is 113 cm³/mol. The molecule has 30 heavy (non-hydrogen) atoms. The van der Waals surface area contributed by atoms with E-state index in [1.54, 1.807) is 11.6 Å². The fourth-order valence-electron chi connectivity index (χ4n) is 3.78. The average Bonchev–Trinajstić information content (AvgIpc) is 2.98. The van der Waals surface area contributed by atoms with Crippen molar-refractivity contribution >= 4 is 22.5 Å². The van der Waals surface area contributed by atoms with E-state index in [2.05, 4.69) is 22.2 Å². The Balaban J connectivity index is 1.56. The summed E-state index contributed by atoms with van der Waals surface area (Å²) in [7, 11) is 0.801. The van der Waals surface area contributed by atoms with Gasteiger partial charge in [0.15, 0.2) is 11.6 Å². The number of aryl methyl sites for hydroxylation is 1. The lowest BCUT2D eigenvalue weighted by molar-refractivity contribution is 0.101. The van der Waals surface area contributed by atoms with Crippen LogP contribution in [0, 0.1) is 16.4 Å². The van der Waals surface area contributed by atoms with E-state index in [1.807, 2.05) is 24.4 Å². The molecule has 8 heteroatoms. The average molecular weight is 429 g/mol. The number of fused-ring (bicyclic) bond motifs is 1. The maximum absolute atomic E-state index is 13.5. The summed E-state index contributed by atoms with van der Waals surface area (Å²) in [5.41, 5.74) is 2.67. The second-order valence-electron chi connectivity index (χ2n) is 7.36. The van der Waals surface area contributed by atoms with Crippen LogP contribution in [0.5, 0.6) is 0 Å². The third-order valence-corrected chi connectivity index (χ3v) is 6.57. The molecule has 1 aliphatic rings. The highest BCUT2D eigenvalue weighted by atomic mass is 32.2. The van der Waals surface area contributed by atoms with E-state index < -0.39 is 28.4 Å². The summed E-state index contributed by atoms with van der Waals surface area (Å²) in [5.74, 6) is -2.38. The van der Waals surface area contributed by atoms with Crippen molar-refractivity contribution in [3.63, 3.8) is 0 Å². The van der Waals surface area contributed by atoms with Crippen LogP contribution >= 0.6 is 0 Å². The molecule has 2 unspecified atom stereocenters. The number of benzene rings is 2. The highest BCUT2D eigenvalue weighted by molar-refractivity contribution is 7.84. The Morgan fingerprint density at radius 2 is 2.00 bits per heavy atom. The van der Waals surface area contributed by atoms with Crippen molar-refractivity contribution in [2.24, 2.45) is 7.05 Å². The molecular weight excluding hydrogens is 406 g/mol. The lowest BCUT2D eigenvalue weighted by atomic mass is 9.99. The molecule has 0 spiro atoms. The van der Waals surface area contributed by atoms with Crippen LogP contribution in [-0.2, 0) is 30.8 Å². The molecule has 2 aromatic carbocycles. The number of anilines is 1. The van der Waals surface area contributed by atoms with Crippen LogP contribution in [-0.4, -0.2) is 16.5 Å². The van der Waals surface area contributed by atoms with Gasteiger partial charge < -0.3 is 9.88 Å². The minimum atomic E-state index is -1.01. The highest BCUT2D eigenvalue weighted by Crippen LogP contribution is 2.27. The third-order valence-electron chi connectivity index (χ3n) is 5.21. The fourth-order valence-corrected chi connectivity index (χ4v) is 5.15. The summed E-state index contributed by atoms with van der Waals surface area (Å²) in [6, 6.07) is 13.5. The van der Waals surface area contributed by atoms with Crippen molar-refractivity contribution in [1.82, 2.24) is 9.29 Å². The lowest BCUT2D eigenvalue weighted by Crippen LogP contribution is -2.31. The Morgan fingerprint density at radius 3 is 2.73 bits per heavy atom. The number of nitrogens with one attached hydrogen (secondary N) is 3. The summed E-state index contributed by atoms with van der Waals surface area (Å²) in [5, 5.41) is 2.64. The zero-order valence-electron chi connectivity index (χ0n) is 16.4. The normalized spacial score (nSPS) is 18.5. The maximum atomic E-state index is 13.5. The van der Waals surface area contributed by atoms with Crippen LogP contribution in [0.2, 0.25) is 0 Å². The maximum Gasteiger partial charge on any atom is 0.272 e. The number of amides is 1. The van der Waals surface area contributed by atoms with Crippen LogP contribution in [0.1, 0.15) is 28.0 Å². The first-order valence-electron chi connectivity index (χ1n) is 9.62. The van der Waals surface area contributed by atoms with Crippen molar-refractivity contribution in [2.45, 2.75) is 30.2 Å². The molecule has 1 aromatic heterocycles. The van der Waals surface area contributed by atoms with Crippen molar-refractivity contribution in [3.8, 4) is 0 Å². The molecule has 2 heterocycles. The van der Waals surface area contributed by atoms with Crippen molar-refractivity contribution in [3.05, 3.63) is 83.2 Å². The van der Waals surface area contributed by atoms with Crippen LogP contribution < -0.4 is 10.0 Å². The van der Waals surface area contributed by atoms with Crippen molar-refractivity contribution in [2.75, 3.05) is 5.32 Å². The molecule has 3 N–H and O–H groups in total. The molecule has 1 aliphatic heterocycles. The van der Waals surface area contributed by atoms with Gasteiger partial charge in [0.05, 0.1) is 4.90 Å². The van der Waals surface area contributed by atoms with E-state index >= 15 is 0 Å². The monoisotopic (exact) mass is 428 g/mol. The summed E-state index contributed by atoms with van der Waals surface area (Å²) in [4.78, 5) is 13.7. The summed E-state index contributed by atoms with van der Waals surface area (Å²) < 4.78 is 40.3. The van der Waals surface area contributed by atoms with Gasteiger partial charge in [0.25, 0.3) is 5.91 Å². The van der Waals surface area contributed by atoms with Crippen molar-refractivity contribution < 1.29 is 13.6 Å². The number of aromatic nitrogens is 1. The van der Waals surface area contributed by atoms with Gasteiger partial charge in [-0.15, -0.1) is 0 Å².